The Labute approximate surface area is 144 Å². The highest BCUT2D eigenvalue weighted by Crippen LogP contribution is 2.25. The van der Waals surface area contributed by atoms with Crippen LogP contribution in [0.1, 0.15) is 30.9 Å². The van der Waals surface area contributed by atoms with Crippen molar-refractivity contribution in [3.8, 4) is 0 Å². The van der Waals surface area contributed by atoms with Gasteiger partial charge in [0, 0.05) is 43.5 Å². The van der Waals surface area contributed by atoms with Crippen LogP contribution in [0.3, 0.4) is 0 Å². The van der Waals surface area contributed by atoms with Crippen LogP contribution in [0.25, 0.3) is 5.65 Å². The van der Waals surface area contributed by atoms with Gasteiger partial charge < -0.3 is 4.90 Å². The van der Waals surface area contributed by atoms with E-state index in [1.54, 1.807) is 24.5 Å². The zero-order valence-corrected chi connectivity index (χ0v) is 13.8. The fourth-order valence-corrected chi connectivity index (χ4v) is 3.42. The molecule has 1 atom stereocenters. The summed E-state index contributed by atoms with van der Waals surface area (Å²) in [6.45, 7) is 1.76. The molecule has 25 heavy (non-hydrogen) atoms. The van der Waals surface area contributed by atoms with E-state index in [-0.39, 0.29) is 18.0 Å². The van der Waals surface area contributed by atoms with Crippen LogP contribution < -0.4 is 5.69 Å². The number of amides is 1. The van der Waals surface area contributed by atoms with Gasteiger partial charge in [-0.05, 0) is 31.0 Å². The molecule has 0 bridgehead atoms. The van der Waals surface area contributed by atoms with Crippen LogP contribution in [0.2, 0.25) is 0 Å². The van der Waals surface area contributed by atoms with E-state index in [2.05, 4.69) is 15.3 Å². The Morgan fingerprint density at radius 2 is 2.24 bits per heavy atom. The number of H-pyrrole nitrogens is 1. The van der Waals surface area contributed by atoms with Crippen molar-refractivity contribution in [2.24, 2.45) is 0 Å². The number of piperidine rings is 1. The normalized spacial score (nSPS) is 17.9. The highest BCUT2D eigenvalue weighted by atomic mass is 16.2. The number of hydrogen-bond acceptors (Lipinski definition) is 4. The number of carbonyl (C=O) groups is 1. The highest BCUT2D eigenvalue weighted by Gasteiger charge is 2.25. The van der Waals surface area contributed by atoms with Crippen molar-refractivity contribution in [3.63, 3.8) is 0 Å². The topological polar surface area (TPSA) is 88.3 Å². The third kappa shape index (κ3) is 3.07. The molecule has 130 valence electrons. The third-order valence-electron chi connectivity index (χ3n) is 4.76. The van der Waals surface area contributed by atoms with Crippen molar-refractivity contribution >= 4 is 11.6 Å². The first-order valence-electron chi connectivity index (χ1n) is 8.53. The number of nitrogens with zero attached hydrogens (tertiary/aromatic N) is 5. The maximum absolute atomic E-state index is 12.6. The van der Waals surface area contributed by atoms with Crippen molar-refractivity contribution in [1.82, 2.24) is 29.3 Å². The van der Waals surface area contributed by atoms with Crippen molar-refractivity contribution in [3.05, 3.63) is 52.8 Å². The minimum Gasteiger partial charge on any atom is -0.342 e. The van der Waals surface area contributed by atoms with E-state index in [0.29, 0.717) is 24.7 Å². The number of aromatic amines is 1. The maximum Gasteiger partial charge on any atom is 0.350 e. The molecule has 0 radical (unpaired) electrons. The van der Waals surface area contributed by atoms with Crippen molar-refractivity contribution in [2.75, 3.05) is 13.1 Å². The van der Waals surface area contributed by atoms with Gasteiger partial charge in [-0.1, -0.05) is 6.07 Å². The van der Waals surface area contributed by atoms with Crippen LogP contribution in [0.4, 0.5) is 0 Å². The lowest BCUT2D eigenvalue weighted by Crippen LogP contribution is -2.40. The number of carbonyl (C=O) groups excluding carboxylic acids is 1. The molecule has 3 aromatic rings. The summed E-state index contributed by atoms with van der Waals surface area (Å²) in [7, 11) is 0. The van der Waals surface area contributed by atoms with E-state index in [0.717, 1.165) is 25.1 Å². The van der Waals surface area contributed by atoms with Gasteiger partial charge in [0.15, 0.2) is 5.65 Å². The molecule has 1 amide bonds. The number of rotatable bonds is 4. The molecule has 1 aliphatic heterocycles. The molecule has 0 unspecified atom stereocenters. The first-order valence-corrected chi connectivity index (χ1v) is 8.53. The fraction of sp³-hybridized carbons (Fsp3) is 0.412. The summed E-state index contributed by atoms with van der Waals surface area (Å²) in [5.74, 6) is 0.367. The second kappa shape index (κ2) is 6.54. The molecule has 4 heterocycles. The molecule has 8 nitrogen and oxygen atoms in total. The number of nitrogens with one attached hydrogen (secondary N) is 1. The largest absolute Gasteiger partial charge is 0.350 e. The fourth-order valence-electron chi connectivity index (χ4n) is 3.42. The van der Waals surface area contributed by atoms with Crippen molar-refractivity contribution in [1.29, 1.82) is 0 Å². The lowest BCUT2D eigenvalue weighted by Gasteiger charge is -2.32. The third-order valence-corrected chi connectivity index (χ3v) is 4.76. The molecule has 8 heteroatoms. The monoisotopic (exact) mass is 340 g/mol. The summed E-state index contributed by atoms with van der Waals surface area (Å²) in [4.78, 5) is 26.7. The van der Waals surface area contributed by atoms with Gasteiger partial charge in [-0.25, -0.2) is 9.48 Å². The summed E-state index contributed by atoms with van der Waals surface area (Å²) in [5, 5.41) is 11.3. The van der Waals surface area contributed by atoms with Crippen LogP contribution in [0, 0.1) is 0 Å². The summed E-state index contributed by atoms with van der Waals surface area (Å²) in [6, 6.07) is 7.36. The van der Waals surface area contributed by atoms with Crippen LogP contribution in [-0.4, -0.2) is 48.3 Å². The first-order chi connectivity index (χ1) is 12.2. The van der Waals surface area contributed by atoms with E-state index >= 15 is 0 Å². The van der Waals surface area contributed by atoms with Crippen molar-refractivity contribution in [2.45, 2.75) is 31.7 Å². The minimum atomic E-state index is -0.211. The Morgan fingerprint density at radius 1 is 1.32 bits per heavy atom. The number of aryl methyl sites for hydroxylation is 1. The van der Waals surface area contributed by atoms with Crippen LogP contribution in [-0.2, 0) is 11.3 Å². The maximum atomic E-state index is 12.6. The van der Waals surface area contributed by atoms with E-state index in [4.69, 9.17) is 0 Å². The summed E-state index contributed by atoms with van der Waals surface area (Å²) in [6.07, 6.45) is 5.73. The second-order valence-corrected chi connectivity index (χ2v) is 6.38. The van der Waals surface area contributed by atoms with Gasteiger partial charge in [0.1, 0.15) is 0 Å². The predicted octanol–water partition coefficient (Wildman–Crippen LogP) is 1.02. The smallest absolute Gasteiger partial charge is 0.342 e. The van der Waals surface area contributed by atoms with E-state index < -0.39 is 0 Å². The van der Waals surface area contributed by atoms with Gasteiger partial charge in [-0.3, -0.25) is 14.3 Å². The average Bonchev–Trinajstić information content (AvgIpc) is 3.29. The molecule has 4 rings (SSSR count). The zero-order chi connectivity index (χ0) is 17.2. The van der Waals surface area contributed by atoms with E-state index in [1.165, 1.54) is 9.08 Å². The quantitative estimate of drug-likeness (QED) is 0.768. The molecule has 0 aromatic carbocycles. The zero-order valence-electron chi connectivity index (χ0n) is 13.8. The predicted molar refractivity (Wildman–Crippen MR) is 91.2 cm³/mol. The van der Waals surface area contributed by atoms with Gasteiger partial charge in [0.2, 0.25) is 5.91 Å². The Kier molecular flexibility index (Phi) is 4.09. The lowest BCUT2D eigenvalue weighted by molar-refractivity contribution is -0.132. The minimum absolute atomic E-state index is 0.0631. The van der Waals surface area contributed by atoms with Gasteiger partial charge in [-0.2, -0.15) is 5.10 Å². The Bertz CT molecular complexity index is 926. The molecule has 1 aliphatic rings. The average molecular weight is 340 g/mol. The van der Waals surface area contributed by atoms with Gasteiger partial charge >= 0.3 is 5.69 Å². The number of hydrogen-bond donors (Lipinski definition) is 1. The molecular weight excluding hydrogens is 320 g/mol. The number of fused-ring (bicyclic) bond motifs is 1. The Morgan fingerprint density at radius 3 is 3.04 bits per heavy atom. The molecule has 0 aliphatic carbocycles. The highest BCUT2D eigenvalue weighted by molar-refractivity contribution is 5.76. The molecular formula is C17H20N6O2. The van der Waals surface area contributed by atoms with Gasteiger partial charge in [0.25, 0.3) is 0 Å². The standard InChI is InChI=1S/C17H20N6O2/c24-16(21-9-3-4-13(12-21)14-6-8-18-19-14)7-11-23-17(25)22-10-2-1-5-15(22)20-23/h1-2,5-6,8,10,13H,3-4,7,9,11-12H2,(H,18,19)/t13-/m1/s1. The number of aromatic nitrogens is 5. The van der Waals surface area contributed by atoms with Gasteiger partial charge in [-0.15, -0.1) is 5.10 Å². The molecule has 0 spiro atoms. The Balaban J connectivity index is 1.41. The lowest BCUT2D eigenvalue weighted by atomic mass is 9.95. The molecule has 3 aromatic heterocycles. The molecule has 1 fully saturated rings. The van der Waals surface area contributed by atoms with Gasteiger partial charge in [0.05, 0.1) is 6.54 Å². The van der Waals surface area contributed by atoms with Crippen LogP contribution in [0.15, 0.2) is 41.5 Å². The molecule has 1 N–H and O–H groups in total. The van der Waals surface area contributed by atoms with Crippen LogP contribution >= 0.6 is 0 Å². The number of likely N-dealkylation sites (tertiary alicyclic amines) is 1. The Hall–Kier alpha value is -2.90. The van der Waals surface area contributed by atoms with E-state index in [9.17, 15) is 9.59 Å². The summed E-state index contributed by atoms with van der Waals surface area (Å²) in [5.41, 5.74) is 1.46. The SMILES string of the molecule is O=C(CCn1nc2ccccn2c1=O)N1CCC[C@@H](c2ccn[nH]2)C1. The first kappa shape index (κ1) is 15.6. The second-order valence-electron chi connectivity index (χ2n) is 6.38. The molecule has 0 saturated carbocycles. The van der Waals surface area contributed by atoms with E-state index in [1.807, 2.05) is 17.0 Å². The number of pyridine rings is 1. The molecule has 1 saturated heterocycles. The van der Waals surface area contributed by atoms with Crippen molar-refractivity contribution < 1.29 is 4.79 Å². The van der Waals surface area contributed by atoms with Crippen LogP contribution in [0.5, 0.6) is 0 Å². The summed E-state index contributed by atoms with van der Waals surface area (Å²) >= 11 is 0. The summed E-state index contributed by atoms with van der Waals surface area (Å²) < 4.78 is 2.85.